The highest BCUT2D eigenvalue weighted by Crippen LogP contribution is 2.23. The van der Waals surface area contributed by atoms with Gasteiger partial charge in [-0.05, 0) is 42.0 Å². The van der Waals surface area contributed by atoms with Crippen LogP contribution in [-0.4, -0.2) is 18.4 Å². The second-order valence-electron chi connectivity index (χ2n) is 7.21. The van der Waals surface area contributed by atoms with Gasteiger partial charge in [0.25, 0.3) is 0 Å². The molecule has 158 valence electrons. The summed E-state index contributed by atoms with van der Waals surface area (Å²) in [6, 6.07) is 29.7. The number of hydrogen-bond acceptors (Lipinski definition) is 4. The van der Waals surface area contributed by atoms with Crippen LogP contribution in [0.1, 0.15) is 32.0 Å². The van der Waals surface area contributed by atoms with E-state index in [1.807, 2.05) is 66.7 Å². The quantitative estimate of drug-likeness (QED) is 0.192. The zero-order valence-corrected chi connectivity index (χ0v) is 17.4. The fraction of sp³-hybridized carbons (Fsp3) is 0.0714. The van der Waals surface area contributed by atoms with E-state index in [-0.39, 0.29) is 11.8 Å². The van der Waals surface area contributed by atoms with Crippen LogP contribution in [0, 0.1) is 0 Å². The van der Waals surface area contributed by atoms with Gasteiger partial charge in [-0.15, -0.1) is 0 Å². The first-order valence-corrected chi connectivity index (χ1v) is 10.4. The first kappa shape index (κ1) is 21.1. The molecule has 0 bridgehead atoms. The molecule has 0 saturated heterocycles. The maximum Gasteiger partial charge on any atom is 0.338 e. The van der Waals surface area contributed by atoms with E-state index in [0.717, 1.165) is 11.1 Å². The van der Waals surface area contributed by atoms with Gasteiger partial charge in [0.05, 0.1) is 12.2 Å². The summed E-state index contributed by atoms with van der Waals surface area (Å²) in [4.78, 5) is 24.4. The molecule has 0 aliphatic carbocycles. The molecule has 0 N–H and O–H groups in total. The van der Waals surface area contributed by atoms with E-state index in [4.69, 9.17) is 9.15 Å². The monoisotopic (exact) mass is 422 g/mol. The van der Waals surface area contributed by atoms with E-state index in [1.165, 1.54) is 6.08 Å². The predicted octanol–water partition coefficient (Wildman–Crippen LogP) is 6.24. The fourth-order valence-corrected chi connectivity index (χ4v) is 3.21. The lowest BCUT2D eigenvalue weighted by Crippen LogP contribution is -2.08. The second-order valence-corrected chi connectivity index (χ2v) is 7.21. The Morgan fingerprint density at radius 1 is 0.750 bits per heavy atom. The molecule has 0 aliphatic heterocycles. The van der Waals surface area contributed by atoms with E-state index >= 15 is 0 Å². The maximum absolute atomic E-state index is 12.3. The van der Waals surface area contributed by atoms with Crippen molar-refractivity contribution in [2.45, 2.75) is 6.42 Å². The summed E-state index contributed by atoms with van der Waals surface area (Å²) < 4.78 is 11.2. The molecule has 0 spiro atoms. The van der Waals surface area contributed by atoms with Gasteiger partial charge in [0, 0.05) is 17.5 Å². The van der Waals surface area contributed by atoms with Crippen molar-refractivity contribution in [1.29, 1.82) is 0 Å². The average Bonchev–Trinajstić information content (AvgIpc) is 3.33. The Bertz CT molecular complexity index is 1200. The third-order valence-electron chi connectivity index (χ3n) is 4.96. The molecule has 0 unspecified atom stereocenters. The van der Waals surface area contributed by atoms with Crippen molar-refractivity contribution in [2.75, 3.05) is 6.61 Å². The Morgan fingerprint density at radius 2 is 1.44 bits per heavy atom. The summed E-state index contributed by atoms with van der Waals surface area (Å²) in [5, 5.41) is 0. The molecular weight excluding hydrogens is 400 g/mol. The number of benzene rings is 3. The minimum Gasteiger partial charge on any atom is -0.462 e. The molecule has 0 radical (unpaired) electrons. The number of carbonyl (C=O) groups is 2. The highest BCUT2D eigenvalue weighted by molar-refractivity contribution is 6.06. The molecule has 4 aromatic rings. The molecule has 1 heterocycles. The van der Waals surface area contributed by atoms with Gasteiger partial charge in [-0.2, -0.15) is 0 Å². The molecular formula is C28H22O4. The van der Waals surface area contributed by atoms with Crippen molar-refractivity contribution in [3.63, 3.8) is 0 Å². The predicted molar refractivity (Wildman–Crippen MR) is 124 cm³/mol. The molecule has 32 heavy (non-hydrogen) atoms. The van der Waals surface area contributed by atoms with Crippen LogP contribution in [0.25, 0.3) is 17.4 Å². The number of rotatable bonds is 8. The van der Waals surface area contributed by atoms with Crippen molar-refractivity contribution in [1.82, 2.24) is 0 Å². The zero-order valence-electron chi connectivity index (χ0n) is 17.4. The maximum atomic E-state index is 12.3. The largest absolute Gasteiger partial charge is 0.462 e. The van der Waals surface area contributed by atoms with Crippen molar-refractivity contribution in [3.05, 3.63) is 126 Å². The minimum absolute atomic E-state index is 0.0846. The van der Waals surface area contributed by atoms with Crippen LogP contribution in [0.4, 0.5) is 0 Å². The molecule has 0 aliphatic rings. The van der Waals surface area contributed by atoms with E-state index in [0.29, 0.717) is 35.7 Å². The number of hydrogen-bond donors (Lipinski definition) is 0. The van der Waals surface area contributed by atoms with Crippen molar-refractivity contribution >= 4 is 17.8 Å². The first-order valence-electron chi connectivity index (χ1n) is 10.4. The van der Waals surface area contributed by atoms with Crippen LogP contribution in [-0.2, 0) is 11.2 Å². The van der Waals surface area contributed by atoms with E-state index < -0.39 is 0 Å². The van der Waals surface area contributed by atoms with Crippen LogP contribution < -0.4 is 0 Å². The average molecular weight is 422 g/mol. The summed E-state index contributed by atoms with van der Waals surface area (Å²) in [6.45, 7) is 0.334. The zero-order chi connectivity index (χ0) is 22.2. The smallest absolute Gasteiger partial charge is 0.338 e. The normalized spacial score (nSPS) is 10.9. The molecule has 4 rings (SSSR count). The Hall–Kier alpha value is -4.18. The molecule has 0 atom stereocenters. The number of allylic oxidation sites excluding steroid dienone is 1. The molecule has 0 amide bonds. The lowest BCUT2D eigenvalue weighted by molar-refractivity contribution is 0.0509. The van der Waals surface area contributed by atoms with Gasteiger partial charge < -0.3 is 9.15 Å². The number of esters is 1. The molecule has 0 saturated carbocycles. The number of ether oxygens (including phenoxy) is 1. The highest BCUT2D eigenvalue weighted by Gasteiger charge is 2.09. The topological polar surface area (TPSA) is 56.5 Å². The summed E-state index contributed by atoms with van der Waals surface area (Å²) in [5.41, 5.74) is 3.08. The Balaban J connectivity index is 1.34. The molecule has 4 heteroatoms. The first-order chi connectivity index (χ1) is 15.7. The Labute approximate surface area is 186 Å². The molecule has 0 fully saturated rings. The van der Waals surface area contributed by atoms with Crippen LogP contribution in [0.2, 0.25) is 0 Å². The number of furan rings is 1. The van der Waals surface area contributed by atoms with Gasteiger partial charge in [-0.1, -0.05) is 72.8 Å². The lowest BCUT2D eigenvalue weighted by Gasteiger charge is -2.05. The van der Waals surface area contributed by atoms with Gasteiger partial charge in [-0.3, -0.25) is 4.79 Å². The van der Waals surface area contributed by atoms with Gasteiger partial charge >= 0.3 is 5.97 Å². The lowest BCUT2D eigenvalue weighted by atomic mass is 10.1. The van der Waals surface area contributed by atoms with Gasteiger partial charge in [0.15, 0.2) is 5.78 Å². The Kier molecular flexibility index (Phi) is 6.73. The van der Waals surface area contributed by atoms with E-state index in [2.05, 4.69) is 0 Å². The van der Waals surface area contributed by atoms with Crippen LogP contribution in [0.3, 0.4) is 0 Å². The van der Waals surface area contributed by atoms with Crippen LogP contribution in [0.15, 0.2) is 108 Å². The molecule has 1 aromatic heterocycles. The van der Waals surface area contributed by atoms with Gasteiger partial charge in [0.2, 0.25) is 0 Å². The van der Waals surface area contributed by atoms with Crippen molar-refractivity contribution in [2.24, 2.45) is 0 Å². The van der Waals surface area contributed by atoms with E-state index in [1.54, 1.807) is 36.4 Å². The van der Waals surface area contributed by atoms with Crippen LogP contribution in [0.5, 0.6) is 0 Å². The summed E-state index contributed by atoms with van der Waals surface area (Å²) >= 11 is 0. The minimum atomic E-state index is -0.352. The second kappa shape index (κ2) is 10.2. The third kappa shape index (κ3) is 5.49. The van der Waals surface area contributed by atoms with Gasteiger partial charge in [0.1, 0.15) is 11.5 Å². The van der Waals surface area contributed by atoms with Crippen LogP contribution >= 0.6 is 0 Å². The fourth-order valence-electron chi connectivity index (χ4n) is 3.21. The standard InChI is InChI=1S/C28H22O4/c29-26(22-9-5-2-6-10-22)17-15-25-16-18-27(32-25)23-11-13-24(14-12-23)28(30)31-20-19-21-7-3-1-4-8-21/h1-18H,19-20H2/b17-15+. The van der Waals surface area contributed by atoms with Gasteiger partial charge in [-0.25, -0.2) is 4.79 Å². The number of ketones is 1. The highest BCUT2D eigenvalue weighted by atomic mass is 16.5. The SMILES string of the molecule is O=C(/C=C/c1ccc(-c2ccc(C(=O)OCCc3ccccc3)cc2)o1)c1ccccc1. The third-order valence-corrected chi connectivity index (χ3v) is 4.96. The summed E-state index contributed by atoms with van der Waals surface area (Å²) in [6.07, 6.45) is 3.82. The number of carbonyl (C=O) groups excluding carboxylic acids is 2. The van der Waals surface area contributed by atoms with Crippen molar-refractivity contribution in [3.8, 4) is 11.3 Å². The molecule has 3 aromatic carbocycles. The van der Waals surface area contributed by atoms with Crippen molar-refractivity contribution < 1.29 is 18.7 Å². The Morgan fingerprint density at radius 3 is 2.16 bits per heavy atom. The molecule has 4 nitrogen and oxygen atoms in total. The van der Waals surface area contributed by atoms with E-state index in [9.17, 15) is 9.59 Å². The summed E-state index contributed by atoms with van der Waals surface area (Å²) in [5.74, 6) is 0.795. The summed E-state index contributed by atoms with van der Waals surface area (Å²) in [7, 11) is 0.